The minimum atomic E-state index is 0.197. The molecule has 0 spiro atoms. The lowest BCUT2D eigenvalue weighted by Gasteiger charge is -2.26. The second-order valence-electron chi connectivity index (χ2n) is 7.56. The molecule has 26 heavy (non-hydrogen) atoms. The number of amides is 1. The number of carbonyl (C=O) groups is 1. The van der Waals surface area contributed by atoms with E-state index >= 15 is 0 Å². The Balaban J connectivity index is 1.63. The zero-order valence-corrected chi connectivity index (χ0v) is 17.2. The largest absolute Gasteiger partial charge is 0.486 e. The molecule has 1 aliphatic rings. The van der Waals surface area contributed by atoms with Gasteiger partial charge in [-0.1, -0.05) is 6.07 Å². The molecule has 140 valence electrons. The highest BCUT2D eigenvalue weighted by atomic mass is 32.1. The number of hydrogen-bond donors (Lipinski definition) is 0. The van der Waals surface area contributed by atoms with Gasteiger partial charge in [0.1, 0.15) is 17.4 Å². The third kappa shape index (κ3) is 4.44. The van der Waals surface area contributed by atoms with E-state index in [-0.39, 0.29) is 17.9 Å². The maximum atomic E-state index is 12.4. The summed E-state index contributed by atoms with van der Waals surface area (Å²) in [5.41, 5.74) is 4.57. The van der Waals surface area contributed by atoms with E-state index in [0.717, 1.165) is 29.3 Å². The summed E-state index contributed by atoms with van der Waals surface area (Å²) in [7, 11) is 0. The molecule has 1 fully saturated rings. The molecule has 1 aliphatic carbocycles. The summed E-state index contributed by atoms with van der Waals surface area (Å²) in [6, 6.07) is 4.44. The lowest BCUT2D eigenvalue weighted by Crippen LogP contribution is -2.37. The Hall–Kier alpha value is -1.88. The van der Waals surface area contributed by atoms with Crippen molar-refractivity contribution >= 4 is 17.2 Å². The first-order valence-electron chi connectivity index (χ1n) is 9.29. The minimum absolute atomic E-state index is 0.197. The molecule has 0 unspecified atom stereocenters. The maximum absolute atomic E-state index is 12.4. The average molecular weight is 373 g/mol. The molecule has 0 aliphatic heterocycles. The van der Waals surface area contributed by atoms with Crippen molar-refractivity contribution in [2.75, 3.05) is 0 Å². The van der Waals surface area contributed by atoms with E-state index in [2.05, 4.69) is 51.7 Å². The normalized spacial score (nSPS) is 13.9. The van der Waals surface area contributed by atoms with Gasteiger partial charge in [-0.25, -0.2) is 4.98 Å². The second kappa shape index (κ2) is 7.78. The quantitative estimate of drug-likeness (QED) is 0.701. The van der Waals surface area contributed by atoms with Crippen molar-refractivity contribution in [3.05, 3.63) is 44.9 Å². The van der Waals surface area contributed by atoms with Crippen molar-refractivity contribution in [1.82, 2.24) is 9.88 Å². The molecule has 1 aromatic heterocycles. The Morgan fingerprint density at radius 2 is 2.04 bits per heavy atom. The summed E-state index contributed by atoms with van der Waals surface area (Å²) in [5, 5.41) is 2.99. The molecule has 1 aromatic carbocycles. The molecule has 3 rings (SSSR count). The molecular formula is C21H28N2O2S. The standard InChI is InChI=1S/C21H28N2O2S/c1-13(2)23(21(24)17-6-7-17)10-18-12-26-20(22-18)11-25-19-9-14(3)8-15(4)16(19)5/h8-9,12-13,17H,6-7,10-11H2,1-5H3. The van der Waals surface area contributed by atoms with Gasteiger partial charge in [-0.3, -0.25) is 4.79 Å². The summed E-state index contributed by atoms with van der Waals surface area (Å²) < 4.78 is 6.01. The zero-order valence-electron chi connectivity index (χ0n) is 16.3. The number of hydrogen-bond acceptors (Lipinski definition) is 4. The number of rotatable bonds is 7. The number of nitrogens with zero attached hydrogens (tertiary/aromatic N) is 2. The second-order valence-corrected chi connectivity index (χ2v) is 8.50. The van der Waals surface area contributed by atoms with Crippen LogP contribution in [0.5, 0.6) is 5.75 Å². The van der Waals surface area contributed by atoms with Crippen LogP contribution in [0.1, 0.15) is 54.1 Å². The van der Waals surface area contributed by atoms with Crippen LogP contribution in [0.4, 0.5) is 0 Å². The van der Waals surface area contributed by atoms with Crippen LogP contribution >= 0.6 is 11.3 Å². The van der Waals surface area contributed by atoms with E-state index in [1.807, 2.05) is 10.3 Å². The van der Waals surface area contributed by atoms with Crippen LogP contribution in [0, 0.1) is 26.7 Å². The molecule has 0 radical (unpaired) electrons. The van der Waals surface area contributed by atoms with Gasteiger partial charge in [-0.05, 0) is 70.2 Å². The Kier molecular flexibility index (Phi) is 5.66. The van der Waals surface area contributed by atoms with E-state index in [1.54, 1.807) is 11.3 Å². The number of aromatic nitrogens is 1. The molecule has 0 saturated heterocycles. The van der Waals surface area contributed by atoms with Gasteiger partial charge in [-0.2, -0.15) is 0 Å². The number of aryl methyl sites for hydroxylation is 2. The molecule has 0 bridgehead atoms. The van der Waals surface area contributed by atoms with Crippen molar-refractivity contribution in [2.45, 2.75) is 66.7 Å². The van der Waals surface area contributed by atoms with Gasteiger partial charge in [-0.15, -0.1) is 11.3 Å². The van der Waals surface area contributed by atoms with Gasteiger partial charge in [0.2, 0.25) is 5.91 Å². The van der Waals surface area contributed by atoms with E-state index in [1.165, 1.54) is 16.7 Å². The number of benzene rings is 1. The van der Waals surface area contributed by atoms with Crippen LogP contribution in [-0.2, 0) is 17.9 Å². The van der Waals surface area contributed by atoms with E-state index in [9.17, 15) is 4.79 Å². The lowest BCUT2D eigenvalue weighted by molar-refractivity contribution is -0.135. The minimum Gasteiger partial charge on any atom is -0.486 e. The highest BCUT2D eigenvalue weighted by molar-refractivity contribution is 7.09. The first kappa shape index (κ1) is 18.9. The smallest absolute Gasteiger partial charge is 0.226 e. The van der Waals surface area contributed by atoms with Crippen LogP contribution in [0.15, 0.2) is 17.5 Å². The number of thiazole rings is 1. The Morgan fingerprint density at radius 3 is 2.69 bits per heavy atom. The molecule has 4 nitrogen and oxygen atoms in total. The Bertz CT molecular complexity index is 793. The molecule has 0 atom stereocenters. The fraction of sp³-hybridized carbons (Fsp3) is 0.524. The summed E-state index contributed by atoms with van der Waals surface area (Å²) in [6.07, 6.45) is 2.07. The van der Waals surface area contributed by atoms with Gasteiger partial charge in [0, 0.05) is 17.3 Å². The van der Waals surface area contributed by atoms with Crippen LogP contribution in [-0.4, -0.2) is 21.8 Å². The summed E-state index contributed by atoms with van der Waals surface area (Å²) in [4.78, 5) is 19.1. The van der Waals surface area contributed by atoms with Crippen molar-refractivity contribution < 1.29 is 9.53 Å². The van der Waals surface area contributed by atoms with Crippen molar-refractivity contribution in [3.8, 4) is 5.75 Å². The third-order valence-electron chi connectivity index (χ3n) is 4.88. The van der Waals surface area contributed by atoms with Crippen molar-refractivity contribution in [3.63, 3.8) is 0 Å². The fourth-order valence-corrected chi connectivity index (χ4v) is 3.73. The van der Waals surface area contributed by atoms with Gasteiger partial charge >= 0.3 is 0 Å². The average Bonchev–Trinajstić information content (AvgIpc) is 3.34. The summed E-state index contributed by atoms with van der Waals surface area (Å²) >= 11 is 1.60. The van der Waals surface area contributed by atoms with Crippen molar-refractivity contribution in [1.29, 1.82) is 0 Å². The van der Waals surface area contributed by atoms with Crippen LogP contribution in [0.25, 0.3) is 0 Å². The summed E-state index contributed by atoms with van der Waals surface area (Å²) in [6.45, 7) is 11.5. The van der Waals surface area contributed by atoms with Gasteiger partial charge < -0.3 is 9.64 Å². The monoisotopic (exact) mass is 372 g/mol. The van der Waals surface area contributed by atoms with Gasteiger partial charge in [0.25, 0.3) is 0 Å². The highest BCUT2D eigenvalue weighted by Crippen LogP contribution is 2.32. The lowest BCUT2D eigenvalue weighted by atomic mass is 10.1. The van der Waals surface area contributed by atoms with Gasteiger partial charge in [0.15, 0.2) is 0 Å². The van der Waals surface area contributed by atoms with E-state index in [4.69, 9.17) is 4.74 Å². The molecule has 1 heterocycles. The molecule has 0 N–H and O–H groups in total. The predicted molar refractivity (Wildman–Crippen MR) is 106 cm³/mol. The molecule has 1 amide bonds. The number of carbonyl (C=O) groups excluding carboxylic acids is 1. The first-order valence-corrected chi connectivity index (χ1v) is 10.2. The Labute approximate surface area is 160 Å². The highest BCUT2D eigenvalue weighted by Gasteiger charge is 2.34. The van der Waals surface area contributed by atoms with E-state index < -0.39 is 0 Å². The number of ether oxygens (including phenoxy) is 1. The first-order chi connectivity index (χ1) is 12.3. The van der Waals surface area contributed by atoms with Crippen LogP contribution < -0.4 is 4.74 Å². The Morgan fingerprint density at radius 1 is 1.31 bits per heavy atom. The topological polar surface area (TPSA) is 42.4 Å². The molecule has 2 aromatic rings. The summed E-state index contributed by atoms with van der Waals surface area (Å²) in [5.74, 6) is 1.44. The third-order valence-corrected chi connectivity index (χ3v) is 5.75. The molecule has 1 saturated carbocycles. The van der Waals surface area contributed by atoms with Crippen molar-refractivity contribution in [2.24, 2.45) is 5.92 Å². The predicted octanol–water partition coefficient (Wildman–Crippen LogP) is 4.79. The molecular weight excluding hydrogens is 344 g/mol. The van der Waals surface area contributed by atoms with Crippen LogP contribution in [0.2, 0.25) is 0 Å². The maximum Gasteiger partial charge on any atom is 0.226 e. The SMILES string of the molecule is Cc1cc(C)c(C)c(OCc2nc(CN(C(=O)C3CC3)C(C)C)cs2)c1. The van der Waals surface area contributed by atoms with Gasteiger partial charge in [0.05, 0.1) is 12.2 Å². The van der Waals surface area contributed by atoms with Crippen LogP contribution in [0.3, 0.4) is 0 Å². The zero-order chi connectivity index (χ0) is 18.8. The fourth-order valence-electron chi connectivity index (χ4n) is 3.03. The van der Waals surface area contributed by atoms with E-state index in [0.29, 0.717) is 13.2 Å². The molecule has 5 heteroatoms.